The second-order valence-corrected chi connectivity index (χ2v) is 10.2. The number of carbonyl (C=O) groups excluding carboxylic acids is 1. The minimum Gasteiger partial charge on any atom is -0.339 e. The molecule has 3 aliphatic rings. The molecule has 2 aromatic heterocycles. The predicted octanol–water partition coefficient (Wildman–Crippen LogP) is 2.71. The van der Waals surface area contributed by atoms with Gasteiger partial charge in [-0.15, -0.1) is 22.7 Å². The number of hydrogen-bond acceptors (Lipinski definition) is 7. The number of aromatic nitrogens is 2. The monoisotopic (exact) mass is 417 g/mol. The van der Waals surface area contributed by atoms with Crippen molar-refractivity contribution in [2.75, 3.05) is 32.7 Å². The van der Waals surface area contributed by atoms with Gasteiger partial charge in [-0.1, -0.05) is 6.42 Å². The highest BCUT2D eigenvalue weighted by Gasteiger charge is 2.34. The summed E-state index contributed by atoms with van der Waals surface area (Å²) >= 11 is 3.37. The fraction of sp³-hybridized carbons (Fsp3) is 0.650. The van der Waals surface area contributed by atoms with Crippen LogP contribution < -0.4 is 0 Å². The van der Waals surface area contributed by atoms with Crippen molar-refractivity contribution in [3.8, 4) is 10.0 Å². The maximum atomic E-state index is 12.9. The number of nitrogens with zero attached hydrogens (tertiary/aromatic N) is 5. The Balaban J connectivity index is 1.18. The van der Waals surface area contributed by atoms with Crippen LogP contribution in [0.1, 0.15) is 36.8 Å². The van der Waals surface area contributed by atoms with E-state index >= 15 is 0 Å². The molecule has 0 N–H and O–H groups in total. The predicted molar refractivity (Wildman–Crippen MR) is 113 cm³/mol. The van der Waals surface area contributed by atoms with Crippen molar-refractivity contribution in [1.82, 2.24) is 24.7 Å². The second-order valence-electron chi connectivity index (χ2n) is 8.20. The molecular weight excluding hydrogens is 390 g/mol. The van der Waals surface area contributed by atoms with Gasteiger partial charge >= 0.3 is 0 Å². The number of hydrogen-bond donors (Lipinski definition) is 0. The van der Waals surface area contributed by atoms with Crippen LogP contribution in [0.2, 0.25) is 0 Å². The van der Waals surface area contributed by atoms with Crippen molar-refractivity contribution in [2.24, 2.45) is 0 Å². The summed E-state index contributed by atoms with van der Waals surface area (Å²) in [4.78, 5) is 30.4. The molecule has 1 saturated carbocycles. The zero-order chi connectivity index (χ0) is 19.1. The fourth-order valence-electron chi connectivity index (χ4n) is 4.55. The third-order valence-corrected chi connectivity index (χ3v) is 8.36. The SMILES string of the molecule is CC1CN(C(=O)CN2CCc3nc(-c4nccs4)sc3C2)CCN1C1CCC1. The van der Waals surface area contributed by atoms with Gasteiger partial charge in [-0.25, -0.2) is 9.97 Å². The van der Waals surface area contributed by atoms with Gasteiger partial charge in [0.1, 0.15) is 0 Å². The van der Waals surface area contributed by atoms with Crippen LogP contribution in [0.25, 0.3) is 10.0 Å². The van der Waals surface area contributed by atoms with Crippen molar-refractivity contribution in [3.05, 3.63) is 22.1 Å². The average Bonchev–Trinajstić information content (AvgIpc) is 3.30. The van der Waals surface area contributed by atoms with E-state index in [2.05, 4.69) is 26.6 Å². The first kappa shape index (κ1) is 18.7. The van der Waals surface area contributed by atoms with Gasteiger partial charge in [0, 0.05) is 67.7 Å². The Morgan fingerprint density at radius 2 is 2.14 bits per heavy atom. The Bertz CT molecular complexity index is 832. The van der Waals surface area contributed by atoms with Crippen molar-refractivity contribution in [1.29, 1.82) is 0 Å². The maximum absolute atomic E-state index is 12.9. The third kappa shape index (κ3) is 3.63. The maximum Gasteiger partial charge on any atom is 0.236 e. The van der Waals surface area contributed by atoms with E-state index < -0.39 is 0 Å². The number of rotatable bonds is 4. The van der Waals surface area contributed by atoms with Crippen molar-refractivity contribution in [3.63, 3.8) is 0 Å². The number of fused-ring (bicyclic) bond motifs is 1. The smallest absolute Gasteiger partial charge is 0.236 e. The van der Waals surface area contributed by atoms with Crippen LogP contribution >= 0.6 is 22.7 Å². The van der Waals surface area contributed by atoms with Crippen molar-refractivity contribution in [2.45, 2.75) is 51.2 Å². The lowest BCUT2D eigenvalue weighted by Gasteiger charge is -2.47. The van der Waals surface area contributed by atoms with Crippen LogP contribution in [0.5, 0.6) is 0 Å². The van der Waals surface area contributed by atoms with Crippen LogP contribution in [0.3, 0.4) is 0 Å². The molecule has 1 amide bonds. The van der Waals surface area contributed by atoms with Gasteiger partial charge in [-0.05, 0) is 19.8 Å². The molecule has 4 heterocycles. The first-order valence-electron chi connectivity index (χ1n) is 10.3. The molecule has 2 aliphatic heterocycles. The Kier molecular flexibility index (Phi) is 5.21. The summed E-state index contributed by atoms with van der Waals surface area (Å²) < 4.78 is 0. The average molecular weight is 418 g/mol. The molecular formula is C20H27N5OS2. The zero-order valence-electron chi connectivity index (χ0n) is 16.3. The Morgan fingerprint density at radius 1 is 1.25 bits per heavy atom. The molecule has 1 atom stereocenters. The first-order chi connectivity index (χ1) is 13.7. The molecule has 6 nitrogen and oxygen atoms in total. The molecule has 0 aromatic carbocycles. The van der Waals surface area contributed by atoms with Gasteiger partial charge in [0.2, 0.25) is 5.91 Å². The highest BCUT2D eigenvalue weighted by atomic mass is 32.1. The number of amides is 1. The standard InChI is InChI=1S/C20H27N5OS2/c1-14-11-24(8-9-25(14)15-3-2-4-15)18(26)13-23-7-5-16-17(12-23)28-20(22-16)19-21-6-10-27-19/h6,10,14-15H,2-5,7-9,11-13H2,1H3. The summed E-state index contributed by atoms with van der Waals surface area (Å²) in [6.07, 6.45) is 6.81. The molecule has 2 fully saturated rings. The summed E-state index contributed by atoms with van der Waals surface area (Å²) in [5.74, 6) is 0.285. The van der Waals surface area contributed by atoms with E-state index in [-0.39, 0.29) is 5.91 Å². The summed E-state index contributed by atoms with van der Waals surface area (Å²) in [7, 11) is 0. The van der Waals surface area contributed by atoms with Gasteiger partial charge in [-0.3, -0.25) is 14.6 Å². The Labute approximate surface area is 174 Å². The largest absolute Gasteiger partial charge is 0.339 e. The molecule has 8 heteroatoms. The van der Waals surface area contributed by atoms with E-state index in [9.17, 15) is 4.79 Å². The summed E-state index contributed by atoms with van der Waals surface area (Å²) in [6, 6.07) is 1.25. The number of thiazole rings is 2. The van der Waals surface area contributed by atoms with Crippen LogP contribution in [-0.2, 0) is 17.8 Å². The normalized spacial score (nSPS) is 24.2. The van der Waals surface area contributed by atoms with Gasteiger partial charge in [0.15, 0.2) is 10.0 Å². The molecule has 150 valence electrons. The summed E-state index contributed by atoms with van der Waals surface area (Å²) in [5, 5.41) is 4.02. The van der Waals surface area contributed by atoms with E-state index in [0.717, 1.165) is 55.2 Å². The topological polar surface area (TPSA) is 52.6 Å². The lowest BCUT2D eigenvalue weighted by molar-refractivity contribution is -0.136. The number of carbonyl (C=O) groups is 1. The van der Waals surface area contributed by atoms with Crippen LogP contribution in [0, 0.1) is 0 Å². The van der Waals surface area contributed by atoms with E-state index in [1.165, 1.54) is 29.8 Å². The molecule has 2 aromatic rings. The summed E-state index contributed by atoms with van der Waals surface area (Å²) in [5.41, 5.74) is 1.20. The van der Waals surface area contributed by atoms with E-state index in [4.69, 9.17) is 4.98 Å². The molecule has 1 unspecified atom stereocenters. The van der Waals surface area contributed by atoms with E-state index in [1.807, 2.05) is 11.6 Å². The number of piperazine rings is 1. The van der Waals surface area contributed by atoms with E-state index in [0.29, 0.717) is 12.6 Å². The molecule has 1 aliphatic carbocycles. The van der Waals surface area contributed by atoms with Gasteiger partial charge in [-0.2, -0.15) is 0 Å². The van der Waals surface area contributed by atoms with Crippen LogP contribution in [0.15, 0.2) is 11.6 Å². The van der Waals surface area contributed by atoms with E-state index in [1.54, 1.807) is 22.7 Å². The zero-order valence-corrected chi connectivity index (χ0v) is 18.0. The van der Waals surface area contributed by atoms with Gasteiger partial charge < -0.3 is 4.90 Å². The Hall–Kier alpha value is -1.35. The second kappa shape index (κ2) is 7.82. The van der Waals surface area contributed by atoms with Crippen LogP contribution in [0.4, 0.5) is 0 Å². The minimum absolute atomic E-state index is 0.285. The lowest BCUT2D eigenvalue weighted by Crippen LogP contribution is -2.59. The van der Waals surface area contributed by atoms with Gasteiger partial charge in [0.05, 0.1) is 12.2 Å². The van der Waals surface area contributed by atoms with Gasteiger partial charge in [0.25, 0.3) is 0 Å². The highest BCUT2D eigenvalue weighted by molar-refractivity contribution is 7.20. The quantitative estimate of drug-likeness (QED) is 0.766. The first-order valence-corrected chi connectivity index (χ1v) is 12.0. The molecule has 5 rings (SSSR count). The molecule has 0 spiro atoms. The lowest BCUT2D eigenvalue weighted by atomic mass is 9.90. The molecule has 0 radical (unpaired) electrons. The Morgan fingerprint density at radius 3 is 2.86 bits per heavy atom. The third-order valence-electron chi connectivity index (χ3n) is 6.36. The molecule has 1 saturated heterocycles. The highest BCUT2D eigenvalue weighted by Crippen LogP contribution is 2.33. The summed E-state index contributed by atoms with van der Waals surface area (Å²) in [6.45, 7) is 7.35. The van der Waals surface area contributed by atoms with Crippen molar-refractivity contribution >= 4 is 28.6 Å². The van der Waals surface area contributed by atoms with Crippen LogP contribution in [-0.4, -0.2) is 75.4 Å². The van der Waals surface area contributed by atoms with Crippen molar-refractivity contribution < 1.29 is 4.79 Å². The molecule has 0 bridgehead atoms. The molecule has 28 heavy (non-hydrogen) atoms. The minimum atomic E-state index is 0.285. The fourth-order valence-corrected chi connectivity index (χ4v) is 6.38.